The number of nitrogens with one attached hydrogen (secondary N) is 1. The van der Waals surface area contributed by atoms with Gasteiger partial charge in [-0.15, -0.1) is 0 Å². The maximum atomic E-state index is 12.3. The van der Waals surface area contributed by atoms with Gasteiger partial charge in [-0.1, -0.05) is 36.4 Å². The molecule has 6 heteroatoms. The maximum absolute atomic E-state index is 12.3. The second-order valence-electron chi connectivity index (χ2n) is 6.42. The second-order valence-corrected chi connectivity index (χ2v) is 6.42. The first-order chi connectivity index (χ1) is 13.5. The second kappa shape index (κ2) is 11.0. The van der Waals surface area contributed by atoms with Gasteiger partial charge in [-0.3, -0.25) is 9.59 Å². The van der Waals surface area contributed by atoms with Gasteiger partial charge >= 0.3 is 5.97 Å². The number of Topliss-reactive ketones (excluding diaryl/α,β-unsaturated/α-hetero) is 1. The number of aryl methyl sites for hydroxylation is 1. The highest BCUT2D eigenvalue weighted by molar-refractivity contribution is 5.99. The molecular weight excluding hydrogens is 358 g/mol. The molecule has 0 aliphatic carbocycles. The number of carbonyl (C=O) groups is 3. The highest BCUT2D eigenvalue weighted by atomic mass is 16.5. The van der Waals surface area contributed by atoms with Crippen LogP contribution in [-0.4, -0.2) is 37.9 Å². The fourth-order valence-electron chi connectivity index (χ4n) is 2.67. The summed E-state index contributed by atoms with van der Waals surface area (Å²) >= 11 is 0. The summed E-state index contributed by atoms with van der Waals surface area (Å²) in [5, 5.41) is 2.75. The van der Waals surface area contributed by atoms with E-state index in [1.165, 1.54) is 6.92 Å². The van der Waals surface area contributed by atoms with Crippen LogP contribution < -0.4 is 5.32 Å². The molecule has 28 heavy (non-hydrogen) atoms. The molecule has 2 rings (SSSR count). The van der Waals surface area contributed by atoms with Gasteiger partial charge in [0.15, 0.2) is 12.4 Å². The minimum atomic E-state index is -0.541. The predicted molar refractivity (Wildman–Crippen MR) is 105 cm³/mol. The lowest BCUT2D eigenvalue weighted by atomic mass is 10.1. The van der Waals surface area contributed by atoms with Crippen molar-refractivity contribution in [3.8, 4) is 0 Å². The van der Waals surface area contributed by atoms with E-state index in [9.17, 15) is 14.4 Å². The summed E-state index contributed by atoms with van der Waals surface area (Å²) in [6.45, 7) is 2.20. The summed E-state index contributed by atoms with van der Waals surface area (Å²) in [4.78, 5) is 35.2. The van der Waals surface area contributed by atoms with Gasteiger partial charge in [0.05, 0.1) is 12.2 Å². The zero-order valence-electron chi connectivity index (χ0n) is 16.2. The smallest absolute Gasteiger partial charge is 0.338 e. The third-order valence-corrected chi connectivity index (χ3v) is 4.10. The van der Waals surface area contributed by atoms with Crippen LogP contribution in [0, 0.1) is 0 Å². The number of benzene rings is 2. The summed E-state index contributed by atoms with van der Waals surface area (Å²) in [7, 11) is 1.58. The van der Waals surface area contributed by atoms with Crippen LogP contribution in [-0.2, 0) is 27.3 Å². The number of ether oxygens (including phenoxy) is 2. The lowest BCUT2D eigenvalue weighted by molar-refractivity contribution is -0.118. The molecule has 0 bridgehead atoms. The molecule has 0 atom stereocenters. The average Bonchev–Trinajstić information content (AvgIpc) is 2.70. The Balaban J connectivity index is 1.83. The van der Waals surface area contributed by atoms with E-state index in [4.69, 9.17) is 9.47 Å². The first-order valence-electron chi connectivity index (χ1n) is 9.11. The van der Waals surface area contributed by atoms with Gasteiger partial charge in [0.1, 0.15) is 0 Å². The number of amides is 1. The molecule has 1 N–H and O–H groups in total. The molecule has 0 aromatic heterocycles. The highest BCUT2D eigenvalue weighted by Gasteiger charge is 2.12. The molecule has 0 saturated heterocycles. The predicted octanol–water partition coefficient (Wildman–Crippen LogP) is 2.94. The Hall–Kier alpha value is -2.99. The topological polar surface area (TPSA) is 81.7 Å². The van der Waals surface area contributed by atoms with E-state index in [-0.39, 0.29) is 18.3 Å². The molecule has 0 spiro atoms. The normalized spacial score (nSPS) is 10.4. The lowest BCUT2D eigenvalue weighted by Crippen LogP contribution is -2.21. The largest absolute Gasteiger partial charge is 0.454 e. The molecule has 2 aromatic carbocycles. The molecule has 0 aliphatic rings. The Bertz CT molecular complexity index is 814. The zero-order chi connectivity index (χ0) is 20.4. The standard InChI is InChI=1S/C22H25NO5/c1-16(24)23-12-4-6-17-8-10-19(11-9-17)21(25)15-28-22(26)20-7-3-5-18(13-20)14-27-2/h3,5,7-11,13H,4,6,12,14-15H2,1-2H3,(H,23,24). The summed E-state index contributed by atoms with van der Waals surface area (Å²) in [5.74, 6) is -0.840. The lowest BCUT2D eigenvalue weighted by Gasteiger charge is -2.07. The van der Waals surface area contributed by atoms with E-state index < -0.39 is 5.97 Å². The quantitative estimate of drug-likeness (QED) is 0.388. The fraction of sp³-hybridized carbons (Fsp3) is 0.318. The zero-order valence-corrected chi connectivity index (χ0v) is 16.2. The third kappa shape index (κ3) is 6.96. The molecular formula is C22H25NO5. The van der Waals surface area contributed by atoms with Crippen LogP contribution in [0.25, 0.3) is 0 Å². The minimum Gasteiger partial charge on any atom is -0.454 e. The van der Waals surface area contributed by atoms with Gasteiger partial charge in [0.2, 0.25) is 5.91 Å². The maximum Gasteiger partial charge on any atom is 0.338 e. The van der Waals surface area contributed by atoms with Crippen molar-refractivity contribution in [1.82, 2.24) is 5.32 Å². The summed E-state index contributed by atoms with van der Waals surface area (Å²) in [6.07, 6.45) is 1.63. The first kappa shape index (κ1) is 21.3. The van der Waals surface area contributed by atoms with Crippen LogP contribution in [0.5, 0.6) is 0 Å². The average molecular weight is 383 g/mol. The number of hydrogen-bond acceptors (Lipinski definition) is 5. The fourth-order valence-corrected chi connectivity index (χ4v) is 2.67. The van der Waals surface area contributed by atoms with Crippen molar-refractivity contribution in [1.29, 1.82) is 0 Å². The molecule has 148 valence electrons. The Morgan fingerprint density at radius 1 is 0.964 bits per heavy atom. The van der Waals surface area contributed by atoms with E-state index in [0.717, 1.165) is 24.0 Å². The van der Waals surface area contributed by atoms with Crippen LogP contribution >= 0.6 is 0 Å². The van der Waals surface area contributed by atoms with Crippen LogP contribution in [0.3, 0.4) is 0 Å². The van der Waals surface area contributed by atoms with Gasteiger partial charge < -0.3 is 14.8 Å². The molecule has 0 radical (unpaired) electrons. The molecule has 0 heterocycles. The van der Waals surface area contributed by atoms with Crippen LogP contribution in [0.1, 0.15) is 45.2 Å². The van der Waals surface area contributed by atoms with Crippen molar-refractivity contribution >= 4 is 17.7 Å². The van der Waals surface area contributed by atoms with Crippen molar-refractivity contribution in [2.24, 2.45) is 0 Å². The van der Waals surface area contributed by atoms with E-state index in [2.05, 4.69) is 5.32 Å². The van der Waals surface area contributed by atoms with Crippen molar-refractivity contribution in [3.05, 3.63) is 70.8 Å². The van der Waals surface area contributed by atoms with Crippen molar-refractivity contribution in [2.45, 2.75) is 26.4 Å². The monoisotopic (exact) mass is 383 g/mol. The van der Waals surface area contributed by atoms with E-state index in [1.54, 1.807) is 37.4 Å². The number of rotatable bonds is 10. The number of hydrogen-bond donors (Lipinski definition) is 1. The number of esters is 1. The van der Waals surface area contributed by atoms with Gasteiger partial charge in [-0.05, 0) is 36.1 Å². The van der Waals surface area contributed by atoms with Gasteiger partial charge in [0, 0.05) is 26.1 Å². The van der Waals surface area contributed by atoms with Crippen LogP contribution in [0.15, 0.2) is 48.5 Å². The Morgan fingerprint density at radius 2 is 1.71 bits per heavy atom. The summed E-state index contributed by atoms with van der Waals surface area (Å²) < 4.78 is 10.2. The van der Waals surface area contributed by atoms with Gasteiger partial charge in [-0.2, -0.15) is 0 Å². The molecule has 2 aromatic rings. The third-order valence-electron chi connectivity index (χ3n) is 4.10. The Kier molecular flexibility index (Phi) is 8.37. The number of carbonyl (C=O) groups excluding carboxylic acids is 3. The van der Waals surface area contributed by atoms with Crippen molar-refractivity contribution in [3.63, 3.8) is 0 Å². The number of methoxy groups -OCH3 is 1. The van der Waals surface area contributed by atoms with Crippen LogP contribution in [0.4, 0.5) is 0 Å². The van der Waals surface area contributed by atoms with Crippen LogP contribution in [0.2, 0.25) is 0 Å². The molecule has 0 fully saturated rings. The summed E-state index contributed by atoms with van der Waals surface area (Å²) in [5.41, 5.74) is 2.81. The SMILES string of the molecule is COCc1cccc(C(=O)OCC(=O)c2ccc(CCCNC(C)=O)cc2)c1. The summed E-state index contributed by atoms with van der Waals surface area (Å²) in [6, 6.07) is 14.1. The van der Waals surface area contributed by atoms with Crippen molar-refractivity contribution < 1.29 is 23.9 Å². The molecule has 0 unspecified atom stereocenters. The van der Waals surface area contributed by atoms with E-state index in [1.807, 2.05) is 18.2 Å². The Labute approximate surface area is 164 Å². The molecule has 1 amide bonds. The van der Waals surface area contributed by atoms with E-state index >= 15 is 0 Å². The van der Waals surface area contributed by atoms with Gasteiger partial charge in [0.25, 0.3) is 0 Å². The molecule has 0 saturated carbocycles. The molecule has 0 aliphatic heterocycles. The van der Waals surface area contributed by atoms with Gasteiger partial charge in [-0.25, -0.2) is 4.79 Å². The Morgan fingerprint density at radius 3 is 2.39 bits per heavy atom. The highest BCUT2D eigenvalue weighted by Crippen LogP contribution is 2.10. The molecule has 6 nitrogen and oxygen atoms in total. The number of ketones is 1. The van der Waals surface area contributed by atoms with E-state index in [0.29, 0.717) is 24.3 Å². The first-order valence-corrected chi connectivity index (χ1v) is 9.11. The minimum absolute atomic E-state index is 0.0408. The van der Waals surface area contributed by atoms with Crippen molar-refractivity contribution in [2.75, 3.05) is 20.3 Å².